The Hall–Kier alpha value is -1.42. The zero-order valence-electron chi connectivity index (χ0n) is 11.1. The summed E-state index contributed by atoms with van der Waals surface area (Å²) in [6.45, 7) is 3.00. The molecule has 0 saturated carbocycles. The van der Waals surface area contributed by atoms with Gasteiger partial charge in [-0.15, -0.1) is 0 Å². The van der Waals surface area contributed by atoms with Gasteiger partial charge in [-0.05, 0) is 44.0 Å². The molecule has 1 N–H and O–H groups in total. The fraction of sp³-hybridized carbons (Fsp3) is 0.571. The molecule has 1 saturated heterocycles. The standard InChI is InChI=1S/C14H21N3O/c1-11(12-6-9-15-10-7-12)17(2)14(18)13-5-3-4-8-16-13/h6-7,9-11,13,16H,3-5,8H2,1-2H3/t11?,13-/m0/s1. The minimum Gasteiger partial charge on any atom is -0.338 e. The van der Waals surface area contributed by atoms with Crippen LogP contribution in [0.5, 0.6) is 0 Å². The van der Waals surface area contributed by atoms with Crippen LogP contribution in [0.15, 0.2) is 24.5 Å². The lowest BCUT2D eigenvalue weighted by atomic mass is 10.0. The fourth-order valence-electron chi connectivity index (χ4n) is 2.36. The number of hydrogen-bond donors (Lipinski definition) is 1. The highest BCUT2D eigenvalue weighted by molar-refractivity contribution is 5.82. The van der Waals surface area contributed by atoms with Crippen LogP contribution in [-0.2, 0) is 4.79 Å². The molecule has 1 aromatic rings. The Balaban J connectivity index is 2.01. The van der Waals surface area contributed by atoms with Crippen molar-refractivity contribution in [3.63, 3.8) is 0 Å². The van der Waals surface area contributed by atoms with E-state index in [1.807, 2.05) is 24.1 Å². The summed E-state index contributed by atoms with van der Waals surface area (Å²) in [5.41, 5.74) is 1.12. The zero-order chi connectivity index (χ0) is 13.0. The first-order valence-corrected chi connectivity index (χ1v) is 6.60. The number of pyridine rings is 1. The molecule has 2 heterocycles. The molecular formula is C14H21N3O. The summed E-state index contributed by atoms with van der Waals surface area (Å²) in [6.07, 6.45) is 6.80. The predicted octanol–water partition coefficient (Wildman–Crippen LogP) is 1.74. The van der Waals surface area contributed by atoms with Crippen LogP contribution < -0.4 is 5.32 Å². The summed E-state index contributed by atoms with van der Waals surface area (Å²) in [7, 11) is 1.88. The third-order valence-corrected chi connectivity index (χ3v) is 3.73. The Labute approximate surface area is 108 Å². The summed E-state index contributed by atoms with van der Waals surface area (Å²) in [6, 6.07) is 4.00. The maximum atomic E-state index is 12.4. The summed E-state index contributed by atoms with van der Waals surface area (Å²) >= 11 is 0. The van der Waals surface area contributed by atoms with E-state index in [4.69, 9.17) is 0 Å². The average molecular weight is 247 g/mol. The van der Waals surface area contributed by atoms with Gasteiger partial charge in [0.05, 0.1) is 12.1 Å². The van der Waals surface area contributed by atoms with E-state index in [9.17, 15) is 4.79 Å². The van der Waals surface area contributed by atoms with Crippen molar-refractivity contribution in [3.8, 4) is 0 Å². The third kappa shape index (κ3) is 2.88. The summed E-state index contributed by atoms with van der Waals surface area (Å²) in [4.78, 5) is 18.2. The first-order chi connectivity index (χ1) is 8.70. The van der Waals surface area contributed by atoms with Crippen molar-refractivity contribution in [2.24, 2.45) is 0 Å². The molecule has 1 fully saturated rings. The Morgan fingerprint density at radius 1 is 1.44 bits per heavy atom. The lowest BCUT2D eigenvalue weighted by Gasteiger charge is -2.31. The second-order valence-electron chi connectivity index (χ2n) is 4.91. The fourth-order valence-corrected chi connectivity index (χ4v) is 2.36. The number of nitrogens with one attached hydrogen (secondary N) is 1. The number of carbonyl (C=O) groups is 1. The molecule has 1 aromatic heterocycles. The molecule has 2 rings (SSSR count). The predicted molar refractivity (Wildman–Crippen MR) is 71.1 cm³/mol. The van der Waals surface area contributed by atoms with Crippen LogP contribution in [-0.4, -0.2) is 35.4 Å². The van der Waals surface area contributed by atoms with E-state index in [0.29, 0.717) is 0 Å². The van der Waals surface area contributed by atoms with Gasteiger partial charge in [-0.3, -0.25) is 9.78 Å². The van der Waals surface area contributed by atoms with Crippen molar-refractivity contribution in [1.82, 2.24) is 15.2 Å². The summed E-state index contributed by atoms with van der Waals surface area (Å²) in [5.74, 6) is 0.194. The molecule has 1 amide bonds. The molecule has 0 spiro atoms. The molecule has 1 aliphatic heterocycles. The number of carbonyl (C=O) groups excluding carboxylic acids is 1. The van der Waals surface area contributed by atoms with Gasteiger partial charge in [-0.25, -0.2) is 0 Å². The van der Waals surface area contributed by atoms with Gasteiger partial charge in [0.1, 0.15) is 0 Å². The second kappa shape index (κ2) is 5.96. The summed E-state index contributed by atoms with van der Waals surface area (Å²) in [5, 5.41) is 3.30. The largest absolute Gasteiger partial charge is 0.338 e. The van der Waals surface area contributed by atoms with Gasteiger partial charge >= 0.3 is 0 Å². The first kappa shape index (κ1) is 13.0. The number of nitrogens with zero attached hydrogens (tertiary/aromatic N) is 2. The number of aromatic nitrogens is 1. The van der Waals surface area contributed by atoms with Crippen LogP contribution in [0.1, 0.15) is 37.8 Å². The highest BCUT2D eigenvalue weighted by Crippen LogP contribution is 2.20. The molecule has 2 atom stereocenters. The summed E-state index contributed by atoms with van der Waals surface area (Å²) < 4.78 is 0. The van der Waals surface area contributed by atoms with Gasteiger partial charge in [0.15, 0.2) is 0 Å². The number of amides is 1. The molecule has 0 aliphatic carbocycles. The third-order valence-electron chi connectivity index (χ3n) is 3.73. The molecule has 98 valence electrons. The van der Waals surface area contributed by atoms with Crippen LogP contribution in [0.25, 0.3) is 0 Å². The number of rotatable bonds is 3. The van der Waals surface area contributed by atoms with Crippen LogP contribution in [0.2, 0.25) is 0 Å². The SMILES string of the molecule is CC(c1ccncc1)N(C)C(=O)[C@@H]1CCCCN1. The molecule has 4 heteroatoms. The van der Waals surface area contributed by atoms with Gasteiger partial charge < -0.3 is 10.2 Å². The van der Waals surface area contributed by atoms with Gasteiger partial charge in [-0.2, -0.15) is 0 Å². The Morgan fingerprint density at radius 3 is 2.78 bits per heavy atom. The van der Waals surface area contributed by atoms with Crippen LogP contribution >= 0.6 is 0 Å². The average Bonchev–Trinajstić information content (AvgIpc) is 2.47. The van der Waals surface area contributed by atoms with E-state index in [0.717, 1.165) is 24.9 Å². The smallest absolute Gasteiger partial charge is 0.239 e. The molecule has 0 radical (unpaired) electrons. The van der Waals surface area contributed by atoms with E-state index in [1.54, 1.807) is 12.4 Å². The van der Waals surface area contributed by atoms with Gasteiger partial charge in [-0.1, -0.05) is 6.42 Å². The van der Waals surface area contributed by atoms with Crippen molar-refractivity contribution < 1.29 is 4.79 Å². The molecule has 1 aliphatic rings. The van der Waals surface area contributed by atoms with Gasteiger partial charge in [0, 0.05) is 19.4 Å². The Kier molecular flexibility index (Phi) is 4.31. The number of hydrogen-bond acceptors (Lipinski definition) is 3. The van der Waals surface area contributed by atoms with Crippen molar-refractivity contribution in [2.75, 3.05) is 13.6 Å². The molecule has 0 bridgehead atoms. The molecule has 4 nitrogen and oxygen atoms in total. The van der Waals surface area contributed by atoms with E-state index in [2.05, 4.69) is 17.2 Å². The maximum absolute atomic E-state index is 12.4. The normalized spacial score (nSPS) is 21.3. The van der Waals surface area contributed by atoms with E-state index < -0.39 is 0 Å². The lowest BCUT2D eigenvalue weighted by Crippen LogP contribution is -2.47. The van der Waals surface area contributed by atoms with Crippen LogP contribution in [0.4, 0.5) is 0 Å². The van der Waals surface area contributed by atoms with Crippen LogP contribution in [0, 0.1) is 0 Å². The highest BCUT2D eigenvalue weighted by Gasteiger charge is 2.26. The van der Waals surface area contributed by atoms with Crippen molar-refractivity contribution in [1.29, 1.82) is 0 Å². The second-order valence-corrected chi connectivity index (χ2v) is 4.91. The van der Waals surface area contributed by atoms with Gasteiger partial charge in [0.2, 0.25) is 5.91 Å². The number of likely N-dealkylation sites (N-methyl/N-ethyl adjacent to an activating group) is 1. The van der Waals surface area contributed by atoms with Crippen molar-refractivity contribution >= 4 is 5.91 Å². The van der Waals surface area contributed by atoms with E-state index in [-0.39, 0.29) is 18.0 Å². The maximum Gasteiger partial charge on any atom is 0.239 e. The first-order valence-electron chi connectivity index (χ1n) is 6.60. The van der Waals surface area contributed by atoms with Gasteiger partial charge in [0.25, 0.3) is 0 Å². The monoisotopic (exact) mass is 247 g/mol. The molecule has 1 unspecified atom stereocenters. The molecular weight excluding hydrogens is 226 g/mol. The molecule has 0 aromatic carbocycles. The van der Waals surface area contributed by atoms with Crippen molar-refractivity contribution in [3.05, 3.63) is 30.1 Å². The van der Waals surface area contributed by atoms with E-state index >= 15 is 0 Å². The Bertz CT molecular complexity index is 387. The van der Waals surface area contributed by atoms with Crippen molar-refractivity contribution in [2.45, 2.75) is 38.3 Å². The minimum absolute atomic E-state index is 0.00645. The van der Waals surface area contributed by atoms with Crippen LogP contribution in [0.3, 0.4) is 0 Å². The lowest BCUT2D eigenvalue weighted by molar-refractivity contribution is -0.134. The van der Waals surface area contributed by atoms with E-state index in [1.165, 1.54) is 6.42 Å². The number of piperidine rings is 1. The molecule has 18 heavy (non-hydrogen) atoms. The minimum atomic E-state index is -0.00645. The topological polar surface area (TPSA) is 45.2 Å². The highest BCUT2D eigenvalue weighted by atomic mass is 16.2. The zero-order valence-corrected chi connectivity index (χ0v) is 11.1. The Morgan fingerprint density at radius 2 is 2.17 bits per heavy atom. The quantitative estimate of drug-likeness (QED) is 0.885.